The Balaban J connectivity index is 1.90. The van der Waals surface area contributed by atoms with E-state index in [0.717, 1.165) is 18.5 Å². The van der Waals surface area contributed by atoms with Gasteiger partial charge in [0.25, 0.3) is 0 Å². The lowest BCUT2D eigenvalue weighted by atomic mass is 10.1. The molecule has 1 heterocycles. The molecule has 0 fully saturated rings. The van der Waals surface area contributed by atoms with E-state index in [9.17, 15) is 0 Å². The van der Waals surface area contributed by atoms with Crippen molar-refractivity contribution in [1.29, 1.82) is 0 Å². The normalized spacial score (nSPS) is 15.7. The fourth-order valence-corrected chi connectivity index (χ4v) is 1.47. The van der Waals surface area contributed by atoms with E-state index in [1.54, 1.807) is 0 Å². The third-order valence-electron chi connectivity index (χ3n) is 2.08. The number of hydroxylamine groups is 1. The lowest BCUT2D eigenvalue weighted by Crippen LogP contribution is -2.20. The molecule has 1 N–H and O–H groups in total. The Kier molecular flexibility index (Phi) is 3.34. The van der Waals surface area contributed by atoms with E-state index in [2.05, 4.69) is 26.5 Å². The van der Waals surface area contributed by atoms with E-state index in [4.69, 9.17) is 16.4 Å². The van der Waals surface area contributed by atoms with Gasteiger partial charge in [0.05, 0.1) is 0 Å². The molecule has 0 saturated heterocycles. The van der Waals surface area contributed by atoms with Crippen molar-refractivity contribution >= 4 is 11.6 Å². The molecule has 1 aromatic heterocycles. The van der Waals surface area contributed by atoms with Crippen LogP contribution in [-0.4, -0.2) is 15.0 Å². The quantitative estimate of drug-likeness (QED) is 0.798. The second-order valence-electron chi connectivity index (χ2n) is 3.22. The van der Waals surface area contributed by atoms with Gasteiger partial charge in [-0.05, 0) is 37.3 Å². The molecule has 0 aliphatic heterocycles. The molecule has 0 aromatic carbocycles. The number of hydrogen-bond donors (Lipinski definition) is 1. The van der Waals surface area contributed by atoms with Gasteiger partial charge in [0.15, 0.2) is 0 Å². The zero-order valence-corrected chi connectivity index (χ0v) is 8.87. The van der Waals surface area contributed by atoms with Crippen LogP contribution in [0.5, 0.6) is 6.01 Å². The van der Waals surface area contributed by atoms with Gasteiger partial charge in [0.1, 0.15) is 6.33 Å². The summed E-state index contributed by atoms with van der Waals surface area (Å²) in [7, 11) is 0. The molecule has 15 heavy (non-hydrogen) atoms. The van der Waals surface area contributed by atoms with Gasteiger partial charge in [-0.2, -0.15) is 9.97 Å². The maximum atomic E-state index is 5.58. The number of nitrogens with one attached hydrogen (secondary N) is 1. The molecule has 1 aromatic rings. The predicted molar refractivity (Wildman–Crippen MR) is 55.2 cm³/mol. The Morgan fingerprint density at radius 1 is 1.33 bits per heavy atom. The lowest BCUT2D eigenvalue weighted by molar-refractivity contribution is 0.201. The molecule has 0 amide bonds. The Morgan fingerprint density at radius 2 is 2.27 bits per heavy atom. The first-order chi connectivity index (χ1) is 7.34. The molecule has 0 unspecified atom stereocenters. The third kappa shape index (κ3) is 3.06. The molecule has 6 heteroatoms. The van der Waals surface area contributed by atoms with Crippen LogP contribution in [0.2, 0.25) is 5.28 Å². The van der Waals surface area contributed by atoms with E-state index in [1.165, 1.54) is 19.2 Å². The lowest BCUT2D eigenvalue weighted by Gasteiger charge is -2.13. The van der Waals surface area contributed by atoms with E-state index in [0.29, 0.717) is 0 Å². The van der Waals surface area contributed by atoms with Crippen LogP contribution in [-0.2, 0) is 0 Å². The summed E-state index contributed by atoms with van der Waals surface area (Å²) in [4.78, 5) is 16.4. The van der Waals surface area contributed by atoms with Crippen LogP contribution in [0.1, 0.15) is 25.7 Å². The summed E-state index contributed by atoms with van der Waals surface area (Å²) in [6, 6.07) is 0.182. The average Bonchev–Trinajstić information content (AvgIpc) is 2.28. The van der Waals surface area contributed by atoms with Gasteiger partial charge in [-0.25, -0.2) is 10.5 Å². The molecule has 5 nitrogen and oxygen atoms in total. The van der Waals surface area contributed by atoms with Crippen molar-refractivity contribution in [3.05, 3.63) is 23.4 Å². The van der Waals surface area contributed by atoms with Crippen LogP contribution in [0.15, 0.2) is 18.1 Å². The van der Waals surface area contributed by atoms with Gasteiger partial charge in [0.2, 0.25) is 5.28 Å². The second kappa shape index (κ2) is 4.93. The van der Waals surface area contributed by atoms with Crippen LogP contribution in [0.25, 0.3) is 0 Å². The minimum Gasteiger partial charge on any atom is -0.340 e. The van der Waals surface area contributed by atoms with Crippen molar-refractivity contribution in [2.75, 3.05) is 0 Å². The summed E-state index contributed by atoms with van der Waals surface area (Å²) >= 11 is 5.58. The molecule has 1 aliphatic carbocycles. The Morgan fingerprint density at radius 3 is 3.00 bits per heavy atom. The molecule has 2 rings (SSSR count). The maximum Gasteiger partial charge on any atom is 0.346 e. The Labute approximate surface area is 92.5 Å². The summed E-state index contributed by atoms with van der Waals surface area (Å²) < 4.78 is 0. The molecule has 0 radical (unpaired) electrons. The van der Waals surface area contributed by atoms with E-state index in [1.807, 2.05) is 0 Å². The highest BCUT2D eigenvalue weighted by Gasteiger charge is 2.05. The Bertz CT molecular complexity index is 369. The van der Waals surface area contributed by atoms with Crippen LogP contribution >= 0.6 is 11.6 Å². The molecule has 80 valence electrons. The van der Waals surface area contributed by atoms with Gasteiger partial charge in [-0.15, -0.1) is 0 Å². The third-order valence-corrected chi connectivity index (χ3v) is 2.27. The zero-order valence-electron chi connectivity index (χ0n) is 8.11. The molecular formula is C9H11ClN4O. The van der Waals surface area contributed by atoms with Crippen molar-refractivity contribution in [3.63, 3.8) is 0 Å². The number of halogens is 1. The minimum absolute atomic E-state index is 0.124. The van der Waals surface area contributed by atoms with Crippen molar-refractivity contribution in [3.8, 4) is 6.01 Å². The van der Waals surface area contributed by atoms with Gasteiger partial charge in [0, 0.05) is 5.70 Å². The van der Waals surface area contributed by atoms with Gasteiger partial charge >= 0.3 is 6.01 Å². The van der Waals surface area contributed by atoms with E-state index < -0.39 is 0 Å². The largest absolute Gasteiger partial charge is 0.346 e. The average molecular weight is 227 g/mol. The van der Waals surface area contributed by atoms with Crippen LogP contribution in [0.4, 0.5) is 0 Å². The summed E-state index contributed by atoms with van der Waals surface area (Å²) in [6.07, 6.45) is 7.93. The van der Waals surface area contributed by atoms with Crippen molar-refractivity contribution in [2.45, 2.75) is 25.7 Å². The SMILES string of the molecule is Clc1ncnc(ONC2=CCCCC2)n1. The molecule has 0 spiro atoms. The van der Waals surface area contributed by atoms with Crippen molar-refractivity contribution in [2.24, 2.45) is 0 Å². The molecular weight excluding hydrogens is 216 g/mol. The van der Waals surface area contributed by atoms with Gasteiger partial charge in [-0.3, -0.25) is 0 Å². The highest BCUT2D eigenvalue weighted by molar-refractivity contribution is 6.28. The first-order valence-corrected chi connectivity index (χ1v) is 5.19. The fourth-order valence-electron chi connectivity index (χ4n) is 1.35. The number of aromatic nitrogens is 3. The standard InChI is InChI=1S/C9H11ClN4O/c10-8-11-6-12-9(13-8)15-14-7-4-2-1-3-5-7/h4,6,14H,1-3,5H2. The predicted octanol–water partition coefficient (Wildman–Crippen LogP) is 1.87. The summed E-state index contributed by atoms with van der Waals surface area (Å²) in [5.74, 6) is 0. The zero-order chi connectivity index (χ0) is 10.5. The summed E-state index contributed by atoms with van der Waals surface area (Å²) in [6.45, 7) is 0. The van der Waals surface area contributed by atoms with Gasteiger partial charge in [-0.1, -0.05) is 6.08 Å². The topological polar surface area (TPSA) is 59.9 Å². The minimum atomic E-state index is 0.124. The number of rotatable bonds is 3. The molecule has 0 atom stereocenters. The monoisotopic (exact) mass is 226 g/mol. The smallest absolute Gasteiger partial charge is 0.340 e. The Hall–Kier alpha value is -1.36. The van der Waals surface area contributed by atoms with Crippen LogP contribution in [0, 0.1) is 0 Å². The van der Waals surface area contributed by atoms with Gasteiger partial charge < -0.3 is 4.84 Å². The molecule has 1 aliphatic rings. The fraction of sp³-hybridized carbons (Fsp3) is 0.444. The second-order valence-corrected chi connectivity index (χ2v) is 3.55. The number of nitrogens with zero attached hydrogens (tertiary/aromatic N) is 3. The number of allylic oxidation sites excluding steroid dienone is 2. The van der Waals surface area contributed by atoms with Crippen LogP contribution < -0.4 is 10.3 Å². The highest BCUT2D eigenvalue weighted by Crippen LogP contribution is 2.15. The van der Waals surface area contributed by atoms with Crippen molar-refractivity contribution < 1.29 is 4.84 Å². The van der Waals surface area contributed by atoms with E-state index in [-0.39, 0.29) is 11.3 Å². The van der Waals surface area contributed by atoms with E-state index >= 15 is 0 Å². The van der Waals surface area contributed by atoms with Crippen molar-refractivity contribution in [1.82, 2.24) is 20.4 Å². The highest BCUT2D eigenvalue weighted by atomic mass is 35.5. The van der Waals surface area contributed by atoms with Crippen LogP contribution in [0.3, 0.4) is 0 Å². The first kappa shape index (κ1) is 10.2. The number of hydrogen-bond acceptors (Lipinski definition) is 5. The summed E-state index contributed by atoms with van der Waals surface area (Å²) in [5.41, 5.74) is 3.88. The molecule has 0 saturated carbocycles. The molecule has 0 bridgehead atoms. The first-order valence-electron chi connectivity index (χ1n) is 4.81. The summed E-state index contributed by atoms with van der Waals surface area (Å²) in [5, 5.41) is 0.124. The maximum absolute atomic E-state index is 5.58.